The maximum atomic E-state index is 12.5. The minimum absolute atomic E-state index is 0.0532. The van der Waals surface area contributed by atoms with Gasteiger partial charge in [0.1, 0.15) is 11.6 Å². The molecule has 28 heavy (non-hydrogen) atoms. The van der Waals surface area contributed by atoms with E-state index in [1.807, 2.05) is 18.2 Å². The average Bonchev–Trinajstić information content (AvgIpc) is 3.47. The smallest absolute Gasteiger partial charge is 0.255 e. The number of nitrogens with one attached hydrogen (secondary N) is 1. The number of fused-ring (bicyclic) bond motifs is 1. The number of rotatable bonds is 5. The Morgan fingerprint density at radius 2 is 2.11 bits per heavy atom. The van der Waals surface area contributed by atoms with Crippen molar-refractivity contribution in [2.75, 3.05) is 13.7 Å². The summed E-state index contributed by atoms with van der Waals surface area (Å²) in [5.41, 5.74) is 3.02. The van der Waals surface area contributed by atoms with E-state index >= 15 is 0 Å². The molecule has 144 valence electrons. The molecule has 5 rings (SSSR count). The Bertz CT molecular complexity index is 1070. The minimum Gasteiger partial charge on any atom is -0.496 e. The van der Waals surface area contributed by atoms with Crippen molar-refractivity contribution in [1.29, 1.82) is 0 Å². The molecule has 1 aromatic carbocycles. The van der Waals surface area contributed by atoms with Crippen molar-refractivity contribution in [1.82, 2.24) is 14.9 Å². The second-order valence-corrected chi connectivity index (χ2v) is 8.75. The zero-order valence-corrected chi connectivity index (χ0v) is 16.7. The van der Waals surface area contributed by atoms with Crippen LogP contribution in [0.1, 0.15) is 40.7 Å². The molecule has 2 aliphatic rings. The highest BCUT2D eigenvalue weighted by atomic mass is 32.1. The van der Waals surface area contributed by atoms with Crippen molar-refractivity contribution in [2.45, 2.75) is 38.3 Å². The van der Waals surface area contributed by atoms with Crippen LogP contribution in [0.25, 0.3) is 10.4 Å². The summed E-state index contributed by atoms with van der Waals surface area (Å²) in [5, 5.41) is 0. The van der Waals surface area contributed by atoms with Crippen molar-refractivity contribution in [3.05, 3.63) is 68.7 Å². The zero-order valence-electron chi connectivity index (χ0n) is 15.9. The minimum atomic E-state index is 0.0532. The van der Waals surface area contributed by atoms with Crippen LogP contribution in [0.5, 0.6) is 5.75 Å². The van der Waals surface area contributed by atoms with Crippen molar-refractivity contribution < 1.29 is 4.74 Å². The standard InChI is InChI=1S/C22H23N3O2S/c1-27-19-5-3-2-4-16(19)20-9-8-15(28-20)12-25-11-10-18-17(13-25)22(26)24-21(23-18)14-6-7-14/h2-5,8-9,14H,6-7,10-13H2,1H3,(H,23,24,26). The topological polar surface area (TPSA) is 58.2 Å². The molecule has 0 amide bonds. The molecule has 3 heterocycles. The van der Waals surface area contributed by atoms with Gasteiger partial charge in [-0.3, -0.25) is 9.69 Å². The lowest BCUT2D eigenvalue weighted by Gasteiger charge is -2.27. The molecular weight excluding hydrogens is 370 g/mol. The second kappa shape index (κ2) is 7.18. The Balaban J connectivity index is 1.33. The summed E-state index contributed by atoms with van der Waals surface area (Å²) in [4.78, 5) is 25.1. The van der Waals surface area contributed by atoms with Crippen LogP contribution in [0.2, 0.25) is 0 Å². The van der Waals surface area contributed by atoms with E-state index < -0.39 is 0 Å². The van der Waals surface area contributed by atoms with Crippen LogP contribution in [-0.4, -0.2) is 28.5 Å². The van der Waals surface area contributed by atoms with Crippen molar-refractivity contribution in [3.8, 4) is 16.2 Å². The number of benzene rings is 1. The van der Waals surface area contributed by atoms with E-state index in [0.29, 0.717) is 12.5 Å². The first kappa shape index (κ1) is 17.6. The molecule has 2 aromatic heterocycles. The number of aromatic nitrogens is 2. The monoisotopic (exact) mass is 393 g/mol. The van der Waals surface area contributed by atoms with Gasteiger partial charge >= 0.3 is 0 Å². The molecule has 0 saturated heterocycles. The fourth-order valence-corrected chi connectivity index (χ4v) is 4.94. The fourth-order valence-electron chi connectivity index (χ4n) is 3.86. The Morgan fingerprint density at radius 3 is 2.93 bits per heavy atom. The molecule has 0 atom stereocenters. The van der Waals surface area contributed by atoms with Crippen molar-refractivity contribution in [2.24, 2.45) is 0 Å². The summed E-state index contributed by atoms with van der Waals surface area (Å²) in [5.74, 6) is 2.28. The van der Waals surface area contributed by atoms with E-state index in [-0.39, 0.29) is 5.56 Å². The summed E-state index contributed by atoms with van der Waals surface area (Å²) in [6.45, 7) is 2.46. The molecule has 3 aromatic rings. The summed E-state index contributed by atoms with van der Waals surface area (Å²) < 4.78 is 5.49. The predicted molar refractivity (Wildman–Crippen MR) is 111 cm³/mol. The quantitative estimate of drug-likeness (QED) is 0.713. The van der Waals surface area contributed by atoms with Gasteiger partial charge in [0.25, 0.3) is 5.56 Å². The summed E-state index contributed by atoms with van der Waals surface area (Å²) in [7, 11) is 1.71. The Morgan fingerprint density at radius 1 is 1.25 bits per heavy atom. The van der Waals surface area contributed by atoms with Gasteiger partial charge in [-0.1, -0.05) is 12.1 Å². The Kier molecular flexibility index (Phi) is 4.53. The molecule has 0 unspecified atom stereocenters. The lowest BCUT2D eigenvalue weighted by Crippen LogP contribution is -2.35. The number of H-pyrrole nitrogens is 1. The van der Waals surface area contributed by atoms with E-state index in [0.717, 1.165) is 60.7 Å². The van der Waals surface area contributed by atoms with Gasteiger partial charge in [0.15, 0.2) is 0 Å². The number of ether oxygens (including phenoxy) is 1. The summed E-state index contributed by atoms with van der Waals surface area (Å²) in [6.07, 6.45) is 3.16. The highest BCUT2D eigenvalue weighted by Gasteiger charge is 2.29. The first-order chi connectivity index (χ1) is 13.7. The number of methoxy groups -OCH3 is 1. The number of para-hydroxylation sites is 1. The van der Waals surface area contributed by atoms with Crippen LogP contribution >= 0.6 is 11.3 Å². The van der Waals surface area contributed by atoms with E-state index in [1.54, 1.807) is 18.4 Å². The predicted octanol–water partition coefficient (Wildman–Crippen LogP) is 3.94. The molecule has 6 heteroatoms. The van der Waals surface area contributed by atoms with Gasteiger partial charge in [0.05, 0.1) is 18.4 Å². The molecule has 0 bridgehead atoms. The largest absolute Gasteiger partial charge is 0.496 e. The number of nitrogens with zero attached hydrogens (tertiary/aromatic N) is 2. The SMILES string of the molecule is COc1ccccc1-c1ccc(CN2CCc3nc(C4CC4)[nH]c(=O)c3C2)s1. The molecule has 1 aliphatic carbocycles. The third kappa shape index (κ3) is 3.38. The van der Waals surface area contributed by atoms with Gasteiger partial charge < -0.3 is 9.72 Å². The van der Waals surface area contributed by atoms with Crippen LogP contribution in [-0.2, 0) is 19.5 Å². The number of aromatic amines is 1. The third-order valence-corrected chi connectivity index (χ3v) is 6.65. The molecule has 0 spiro atoms. The van der Waals surface area contributed by atoms with Crippen LogP contribution in [0.15, 0.2) is 41.2 Å². The molecule has 1 saturated carbocycles. The summed E-state index contributed by atoms with van der Waals surface area (Å²) in [6, 6.07) is 12.4. The maximum absolute atomic E-state index is 12.5. The fraction of sp³-hybridized carbons (Fsp3) is 0.364. The number of thiophene rings is 1. The van der Waals surface area contributed by atoms with Gasteiger partial charge in [0.2, 0.25) is 0 Å². The molecule has 1 fully saturated rings. The highest BCUT2D eigenvalue weighted by molar-refractivity contribution is 7.15. The molecule has 1 N–H and O–H groups in total. The Labute approximate surface area is 168 Å². The van der Waals surface area contributed by atoms with E-state index in [1.165, 1.54) is 9.75 Å². The first-order valence-corrected chi connectivity index (χ1v) is 10.6. The highest BCUT2D eigenvalue weighted by Crippen LogP contribution is 2.38. The zero-order chi connectivity index (χ0) is 19.1. The maximum Gasteiger partial charge on any atom is 0.255 e. The molecular formula is C22H23N3O2S. The van der Waals surface area contributed by atoms with Gasteiger partial charge in [-0.15, -0.1) is 11.3 Å². The number of hydrogen-bond acceptors (Lipinski definition) is 5. The molecule has 5 nitrogen and oxygen atoms in total. The first-order valence-electron chi connectivity index (χ1n) is 9.77. The normalized spacial score (nSPS) is 16.8. The number of hydrogen-bond donors (Lipinski definition) is 1. The van der Waals surface area contributed by atoms with Gasteiger partial charge in [-0.05, 0) is 37.1 Å². The lowest BCUT2D eigenvalue weighted by atomic mass is 10.1. The van der Waals surface area contributed by atoms with Crippen LogP contribution < -0.4 is 10.3 Å². The lowest BCUT2D eigenvalue weighted by molar-refractivity contribution is 0.243. The van der Waals surface area contributed by atoms with Gasteiger partial charge in [-0.2, -0.15) is 0 Å². The van der Waals surface area contributed by atoms with E-state index in [4.69, 9.17) is 9.72 Å². The summed E-state index contributed by atoms with van der Waals surface area (Å²) >= 11 is 1.79. The average molecular weight is 394 g/mol. The van der Waals surface area contributed by atoms with Gasteiger partial charge in [0, 0.05) is 47.3 Å². The van der Waals surface area contributed by atoms with Crippen LogP contribution in [0, 0.1) is 0 Å². The molecule has 0 radical (unpaired) electrons. The van der Waals surface area contributed by atoms with Crippen LogP contribution in [0.3, 0.4) is 0 Å². The molecule has 1 aliphatic heterocycles. The third-order valence-electron chi connectivity index (χ3n) is 5.54. The van der Waals surface area contributed by atoms with E-state index in [9.17, 15) is 4.79 Å². The van der Waals surface area contributed by atoms with E-state index in [2.05, 4.69) is 28.1 Å². The van der Waals surface area contributed by atoms with Crippen LogP contribution in [0.4, 0.5) is 0 Å². The van der Waals surface area contributed by atoms with Gasteiger partial charge in [-0.25, -0.2) is 4.98 Å². The Hall–Kier alpha value is -2.44. The van der Waals surface area contributed by atoms with Crippen molar-refractivity contribution in [3.63, 3.8) is 0 Å². The van der Waals surface area contributed by atoms with Crippen molar-refractivity contribution >= 4 is 11.3 Å². The second-order valence-electron chi connectivity index (χ2n) is 7.58.